The van der Waals surface area contributed by atoms with Crippen molar-refractivity contribution in [2.45, 2.75) is 51.1 Å². The molecular formula is C16H23FN2. The number of rotatable bonds is 3. The standard InChI is InChI=1S/C16H23FN2/c17-14-8-3-7-13(16(14)18)11-19-10-4-9-15(19)12-5-1-2-6-12/h3,7-8,12,15H,1-2,4-6,9-11,18H2. The van der Waals surface area contributed by atoms with Crippen LogP contribution >= 0.6 is 0 Å². The number of nitrogen functional groups attached to an aromatic ring is 1. The van der Waals surface area contributed by atoms with Crippen molar-refractivity contribution in [2.24, 2.45) is 5.92 Å². The van der Waals surface area contributed by atoms with E-state index >= 15 is 0 Å². The molecule has 3 heteroatoms. The van der Waals surface area contributed by atoms with E-state index in [0.29, 0.717) is 11.7 Å². The van der Waals surface area contributed by atoms with Crippen molar-refractivity contribution in [3.63, 3.8) is 0 Å². The lowest BCUT2D eigenvalue weighted by molar-refractivity contribution is 0.183. The molecule has 1 atom stereocenters. The fourth-order valence-corrected chi connectivity index (χ4v) is 3.86. The summed E-state index contributed by atoms with van der Waals surface area (Å²) in [6.07, 6.45) is 8.10. The van der Waals surface area contributed by atoms with E-state index in [0.717, 1.165) is 24.6 Å². The van der Waals surface area contributed by atoms with Gasteiger partial charge in [-0.05, 0) is 49.8 Å². The highest BCUT2D eigenvalue weighted by molar-refractivity contribution is 5.47. The van der Waals surface area contributed by atoms with Gasteiger partial charge in [0, 0.05) is 12.6 Å². The van der Waals surface area contributed by atoms with E-state index in [2.05, 4.69) is 4.90 Å². The van der Waals surface area contributed by atoms with Crippen LogP contribution in [0.5, 0.6) is 0 Å². The van der Waals surface area contributed by atoms with Crippen molar-refractivity contribution in [2.75, 3.05) is 12.3 Å². The number of para-hydroxylation sites is 1. The summed E-state index contributed by atoms with van der Waals surface area (Å²) in [6.45, 7) is 1.95. The molecule has 1 unspecified atom stereocenters. The Balaban J connectivity index is 1.72. The normalized spacial score (nSPS) is 25.2. The second-order valence-electron chi connectivity index (χ2n) is 6.04. The molecule has 19 heavy (non-hydrogen) atoms. The predicted octanol–water partition coefficient (Wildman–Crippen LogP) is 3.56. The van der Waals surface area contributed by atoms with Crippen LogP contribution in [0.2, 0.25) is 0 Å². The fourth-order valence-electron chi connectivity index (χ4n) is 3.86. The molecule has 1 aliphatic heterocycles. The third kappa shape index (κ3) is 2.62. The average Bonchev–Trinajstić information content (AvgIpc) is 3.05. The number of hydrogen-bond acceptors (Lipinski definition) is 2. The molecule has 2 nitrogen and oxygen atoms in total. The fraction of sp³-hybridized carbons (Fsp3) is 0.625. The lowest BCUT2D eigenvalue weighted by Gasteiger charge is -2.29. The summed E-state index contributed by atoms with van der Waals surface area (Å²) in [5, 5.41) is 0. The Kier molecular flexibility index (Phi) is 3.74. The first-order valence-corrected chi connectivity index (χ1v) is 7.52. The predicted molar refractivity (Wildman–Crippen MR) is 76.2 cm³/mol. The molecule has 1 saturated heterocycles. The first-order valence-electron chi connectivity index (χ1n) is 7.52. The number of benzene rings is 1. The molecule has 1 aromatic carbocycles. The van der Waals surface area contributed by atoms with Gasteiger partial charge in [-0.3, -0.25) is 4.90 Å². The highest BCUT2D eigenvalue weighted by atomic mass is 19.1. The van der Waals surface area contributed by atoms with Crippen LogP contribution < -0.4 is 5.73 Å². The van der Waals surface area contributed by atoms with Crippen molar-refractivity contribution in [3.05, 3.63) is 29.6 Å². The van der Waals surface area contributed by atoms with Crippen LogP contribution in [0.1, 0.15) is 44.1 Å². The maximum atomic E-state index is 13.5. The zero-order valence-electron chi connectivity index (χ0n) is 11.4. The van der Waals surface area contributed by atoms with Gasteiger partial charge in [0.15, 0.2) is 0 Å². The summed E-state index contributed by atoms with van der Waals surface area (Å²) in [6, 6.07) is 5.87. The van der Waals surface area contributed by atoms with Gasteiger partial charge < -0.3 is 5.73 Å². The molecule has 1 saturated carbocycles. The largest absolute Gasteiger partial charge is 0.396 e. The van der Waals surface area contributed by atoms with Crippen molar-refractivity contribution in [1.82, 2.24) is 4.90 Å². The topological polar surface area (TPSA) is 29.3 Å². The maximum Gasteiger partial charge on any atom is 0.146 e. The van der Waals surface area contributed by atoms with E-state index in [-0.39, 0.29) is 5.82 Å². The molecule has 0 radical (unpaired) electrons. The number of hydrogen-bond donors (Lipinski definition) is 1. The third-order valence-corrected chi connectivity index (χ3v) is 4.87. The van der Waals surface area contributed by atoms with Gasteiger partial charge in [0.1, 0.15) is 5.82 Å². The van der Waals surface area contributed by atoms with E-state index < -0.39 is 0 Å². The molecule has 0 spiro atoms. The van der Waals surface area contributed by atoms with E-state index in [1.165, 1.54) is 44.6 Å². The molecule has 104 valence electrons. The minimum Gasteiger partial charge on any atom is -0.396 e. The van der Waals surface area contributed by atoms with Gasteiger partial charge in [-0.1, -0.05) is 25.0 Å². The van der Waals surface area contributed by atoms with Crippen LogP contribution in [-0.4, -0.2) is 17.5 Å². The van der Waals surface area contributed by atoms with Crippen LogP contribution in [-0.2, 0) is 6.54 Å². The van der Waals surface area contributed by atoms with Gasteiger partial charge in [0.05, 0.1) is 5.69 Å². The Bertz CT molecular complexity index is 440. The quantitative estimate of drug-likeness (QED) is 0.844. The number of halogens is 1. The summed E-state index contributed by atoms with van der Waals surface area (Å²) < 4.78 is 13.5. The van der Waals surface area contributed by atoms with Crippen molar-refractivity contribution in [1.29, 1.82) is 0 Å². The van der Waals surface area contributed by atoms with E-state index in [1.807, 2.05) is 6.07 Å². The lowest BCUT2D eigenvalue weighted by atomic mass is 9.95. The molecule has 1 heterocycles. The molecule has 3 rings (SSSR count). The molecule has 1 aliphatic carbocycles. The molecule has 1 aromatic rings. The second kappa shape index (κ2) is 5.49. The van der Waals surface area contributed by atoms with Gasteiger partial charge in [0.2, 0.25) is 0 Å². The first-order chi connectivity index (χ1) is 9.25. The second-order valence-corrected chi connectivity index (χ2v) is 6.04. The van der Waals surface area contributed by atoms with Crippen molar-refractivity contribution >= 4 is 5.69 Å². The molecule has 2 aliphatic rings. The van der Waals surface area contributed by atoms with Crippen LogP contribution in [0, 0.1) is 11.7 Å². The Morgan fingerprint density at radius 3 is 2.74 bits per heavy atom. The Hall–Kier alpha value is -1.09. The molecule has 2 fully saturated rings. The SMILES string of the molecule is Nc1c(F)cccc1CN1CCCC1C1CCCC1. The van der Waals surface area contributed by atoms with Gasteiger partial charge >= 0.3 is 0 Å². The summed E-state index contributed by atoms with van der Waals surface area (Å²) in [7, 11) is 0. The molecule has 0 aromatic heterocycles. The Morgan fingerprint density at radius 2 is 1.95 bits per heavy atom. The zero-order chi connectivity index (χ0) is 13.2. The molecular weight excluding hydrogens is 239 g/mol. The number of nitrogens with zero attached hydrogens (tertiary/aromatic N) is 1. The van der Waals surface area contributed by atoms with E-state index in [4.69, 9.17) is 5.73 Å². The van der Waals surface area contributed by atoms with Gasteiger partial charge in [-0.2, -0.15) is 0 Å². The van der Waals surface area contributed by atoms with Crippen LogP contribution in [0.25, 0.3) is 0 Å². The van der Waals surface area contributed by atoms with Crippen LogP contribution in [0.3, 0.4) is 0 Å². The summed E-state index contributed by atoms with van der Waals surface area (Å²) in [5.74, 6) is 0.575. The van der Waals surface area contributed by atoms with E-state index in [1.54, 1.807) is 6.07 Å². The monoisotopic (exact) mass is 262 g/mol. The average molecular weight is 262 g/mol. The molecule has 0 bridgehead atoms. The van der Waals surface area contributed by atoms with Gasteiger partial charge in [0.25, 0.3) is 0 Å². The Morgan fingerprint density at radius 1 is 1.16 bits per heavy atom. The summed E-state index contributed by atoms with van der Waals surface area (Å²) >= 11 is 0. The van der Waals surface area contributed by atoms with Crippen molar-refractivity contribution < 1.29 is 4.39 Å². The number of anilines is 1. The zero-order valence-corrected chi connectivity index (χ0v) is 11.4. The summed E-state index contributed by atoms with van der Waals surface area (Å²) in [4.78, 5) is 2.53. The highest BCUT2D eigenvalue weighted by Crippen LogP contribution is 2.36. The first kappa shape index (κ1) is 12.9. The molecule has 0 amide bonds. The van der Waals surface area contributed by atoms with Gasteiger partial charge in [-0.25, -0.2) is 4.39 Å². The summed E-state index contributed by atoms with van der Waals surface area (Å²) in [5.41, 5.74) is 7.14. The molecule has 2 N–H and O–H groups in total. The number of likely N-dealkylation sites (tertiary alicyclic amines) is 1. The minimum atomic E-state index is -0.283. The van der Waals surface area contributed by atoms with E-state index in [9.17, 15) is 4.39 Å². The smallest absolute Gasteiger partial charge is 0.146 e. The van der Waals surface area contributed by atoms with Crippen LogP contribution in [0.15, 0.2) is 18.2 Å². The number of nitrogens with two attached hydrogens (primary N) is 1. The van der Waals surface area contributed by atoms with Crippen LogP contribution in [0.4, 0.5) is 10.1 Å². The van der Waals surface area contributed by atoms with Gasteiger partial charge in [-0.15, -0.1) is 0 Å². The maximum absolute atomic E-state index is 13.5. The highest BCUT2D eigenvalue weighted by Gasteiger charge is 2.33. The Labute approximate surface area is 114 Å². The minimum absolute atomic E-state index is 0.283. The third-order valence-electron chi connectivity index (χ3n) is 4.87. The lowest BCUT2D eigenvalue weighted by Crippen LogP contribution is -2.34. The van der Waals surface area contributed by atoms with Crippen molar-refractivity contribution in [3.8, 4) is 0 Å².